The maximum absolute atomic E-state index is 2.46. The Bertz CT molecular complexity index is 2460. The van der Waals surface area contributed by atoms with E-state index in [-0.39, 0.29) is 5.41 Å². The predicted molar refractivity (Wildman–Crippen MR) is 205 cm³/mol. The summed E-state index contributed by atoms with van der Waals surface area (Å²) in [5.74, 6) is 0. The van der Waals surface area contributed by atoms with Crippen LogP contribution < -0.4 is 4.90 Å². The zero-order valence-electron chi connectivity index (χ0n) is 27.2. The molecule has 228 valence electrons. The molecule has 0 aromatic heterocycles. The molecule has 0 saturated heterocycles. The molecule has 8 aromatic carbocycles. The Morgan fingerprint density at radius 3 is 1.69 bits per heavy atom. The van der Waals surface area contributed by atoms with Gasteiger partial charge in [0.25, 0.3) is 0 Å². The Morgan fingerprint density at radius 2 is 0.917 bits per heavy atom. The van der Waals surface area contributed by atoms with Crippen LogP contribution in [0.2, 0.25) is 0 Å². The van der Waals surface area contributed by atoms with Crippen LogP contribution in [0.5, 0.6) is 0 Å². The predicted octanol–water partition coefficient (Wildman–Crippen LogP) is 13.1. The number of benzene rings is 8. The van der Waals surface area contributed by atoms with E-state index in [9.17, 15) is 0 Å². The normalized spacial score (nSPS) is 13.3. The van der Waals surface area contributed by atoms with Gasteiger partial charge in [-0.15, -0.1) is 0 Å². The molecule has 1 heterocycles. The first kappa shape index (κ1) is 28.3. The van der Waals surface area contributed by atoms with E-state index in [1.165, 1.54) is 77.4 Å². The average molecular weight is 614 g/mol. The summed E-state index contributed by atoms with van der Waals surface area (Å²) in [6, 6.07) is 64.5. The summed E-state index contributed by atoms with van der Waals surface area (Å²) in [6.07, 6.45) is 0. The monoisotopic (exact) mass is 613 g/mol. The van der Waals surface area contributed by atoms with Crippen molar-refractivity contribution in [3.63, 3.8) is 0 Å². The van der Waals surface area contributed by atoms with Crippen LogP contribution in [-0.4, -0.2) is 0 Å². The van der Waals surface area contributed by atoms with E-state index < -0.39 is 0 Å². The van der Waals surface area contributed by atoms with Gasteiger partial charge in [-0.25, -0.2) is 0 Å². The quantitative estimate of drug-likeness (QED) is 0.191. The molecule has 9 rings (SSSR count). The Labute approximate surface area is 282 Å². The number of nitrogens with zero attached hydrogens (tertiary/aromatic N) is 1. The summed E-state index contributed by atoms with van der Waals surface area (Å²) in [6.45, 7) is 4.77. The molecule has 0 N–H and O–H groups in total. The number of hydrogen-bond acceptors (Lipinski definition) is 1. The minimum absolute atomic E-state index is 0.238. The molecule has 1 heteroatoms. The Morgan fingerprint density at radius 1 is 0.375 bits per heavy atom. The smallest absolute Gasteiger partial charge is 0.0503 e. The Balaban J connectivity index is 1.23. The maximum Gasteiger partial charge on any atom is 0.0503 e. The second-order valence-electron chi connectivity index (χ2n) is 13.4. The lowest BCUT2D eigenvalue weighted by Crippen LogP contribution is -2.30. The number of hydrogen-bond donors (Lipinski definition) is 0. The Kier molecular flexibility index (Phi) is 6.55. The molecule has 48 heavy (non-hydrogen) atoms. The summed E-state index contributed by atoms with van der Waals surface area (Å²) < 4.78 is 0. The van der Waals surface area contributed by atoms with Gasteiger partial charge in [-0.2, -0.15) is 0 Å². The van der Waals surface area contributed by atoms with Crippen LogP contribution in [0.25, 0.3) is 54.9 Å². The fraction of sp³-hybridized carbons (Fsp3) is 0.0638. The summed E-state index contributed by atoms with van der Waals surface area (Å²) in [4.78, 5) is 2.46. The van der Waals surface area contributed by atoms with Gasteiger partial charge < -0.3 is 4.90 Å². The van der Waals surface area contributed by atoms with E-state index in [1.54, 1.807) is 0 Å². The molecule has 0 spiro atoms. The fourth-order valence-electron chi connectivity index (χ4n) is 7.64. The summed E-state index contributed by atoms with van der Waals surface area (Å²) >= 11 is 0. The molecule has 0 unspecified atom stereocenters. The van der Waals surface area contributed by atoms with Gasteiger partial charge in [0.15, 0.2) is 0 Å². The van der Waals surface area contributed by atoms with Crippen molar-refractivity contribution in [1.29, 1.82) is 0 Å². The van der Waals surface area contributed by atoms with Crippen molar-refractivity contribution in [2.75, 3.05) is 4.90 Å². The second-order valence-corrected chi connectivity index (χ2v) is 13.4. The SMILES string of the molecule is CC1(C)c2cc(-c3ccc4ccccc4c3)ccc2N(c2ccc(-c3ccccc3)cc2)c2ccc(-c3cccc4ccccc34)cc21. The molecule has 0 saturated carbocycles. The second kappa shape index (κ2) is 11.1. The van der Waals surface area contributed by atoms with Crippen molar-refractivity contribution >= 4 is 38.6 Å². The Hall–Kier alpha value is -5.92. The minimum atomic E-state index is -0.238. The van der Waals surface area contributed by atoms with E-state index in [1.807, 2.05) is 0 Å². The fourth-order valence-corrected chi connectivity index (χ4v) is 7.64. The molecule has 8 aromatic rings. The summed E-state index contributed by atoms with van der Waals surface area (Å²) in [7, 11) is 0. The standard InChI is InChI=1S/C47H35N/c1-47(2)43-30-38(37-20-19-33-13-6-7-15-36(33)29-37)23-27-45(43)48(40-25-21-34(22-26-40)32-11-4-3-5-12-32)46-28-24-39(31-44(46)47)42-18-10-16-35-14-8-9-17-41(35)42/h3-31H,1-2H3. The molecule has 1 nitrogen and oxygen atoms in total. The molecule has 0 atom stereocenters. The third-order valence-electron chi connectivity index (χ3n) is 10.2. The summed E-state index contributed by atoms with van der Waals surface area (Å²) in [5.41, 5.74) is 13.4. The molecule has 0 fully saturated rings. The minimum Gasteiger partial charge on any atom is -0.310 e. The van der Waals surface area contributed by atoms with E-state index in [4.69, 9.17) is 0 Å². The zero-order valence-corrected chi connectivity index (χ0v) is 27.2. The van der Waals surface area contributed by atoms with Crippen molar-refractivity contribution in [3.8, 4) is 33.4 Å². The van der Waals surface area contributed by atoms with Gasteiger partial charge in [0.05, 0.1) is 11.4 Å². The van der Waals surface area contributed by atoms with E-state index >= 15 is 0 Å². The zero-order chi connectivity index (χ0) is 32.2. The van der Waals surface area contributed by atoms with Gasteiger partial charge in [0, 0.05) is 11.1 Å². The third-order valence-corrected chi connectivity index (χ3v) is 10.2. The number of anilines is 3. The number of rotatable bonds is 4. The van der Waals surface area contributed by atoms with Crippen LogP contribution in [0, 0.1) is 0 Å². The van der Waals surface area contributed by atoms with Crippen molar-refractivity contribution < 1.29 is 0 Å². The van der Waals surface area contributed by atoms with Gasteiger partial charge in [-0.05, 0) is 109 Å². The third kappa shape index (κ3) is 4.62. The number of fused-ring (bicyclic) bond motifs is 4. The lowest BCUT2D eigenvalue weighted by molar-refractivity contribution is 0.632. The largest absolute Gasteiger partial charge is 0.310 e. The van der Waals surface area contributed by atoms with Crippen LogP contribution in [0.1, 0.15) is 25.0 Å². The van der Waals surface area contributed by atoms with Crippen molar-refractivity contribution in [1.82, 2.24) is 0 Å². The molecular weight excluding hydrogens is 579 g/mol. The van der Waals surface area contributed by atoms with Crippen LogP contribution in [-0.2, 0) is 5.41 Å². The lowest BCUT2D eigenvalue weighted by Gasteiger charge is -2.42. The van der Waals surface area contributed by atoms with Gasteiger partial charge in [-0.1, -0.05) is 147 Å². The highest BCUT2D eigenvalue weighted by Crippen LogP contribution is 2.53. The maximum atomic E-state index is 2.46. The highest BCUT2D eigenvalue weighted by molar-refractivity contribution is 5.98. The molecule has 1 aliphatic heterocycles. The topological polar surface area (TPSA) is 3.24 Å². The first-order chi connectivity index (χ1) is 23.5. The molecule has 0 bridgehead atoms. The first-order valence-electron chi connectivity index (χ1n) is 16.8. The van der Waals surface area contributed by atoms with Gasteiger partial charge in [0.2, 0.25) is 0 Å². The lowest BCUT2D eigenvalue weighted by atomic mass is 9.72. The van der Waals surface area contributed by atoms with E-state index in [0.717, 1.165) is 5.69 Å². The van der Waals surface area contributed by atoms with Gasteiger partial charge >= 0.3 is 0 Å². The molecule has 0 radical (unpaired) electrons. The molecule has 1 aliphatic rings. The van der Waals surface area contributed by atoms with Crippen LogP contribution in [0.3, 0.4) is 0 Å². The van der Waals surface area contributed by atoms with Crippen LogP contribution in [0.15, 0.2) is 176 Å². The van der Waals surface area contributed by atoms with Crippen LogP contribution in [0.4, 0.5) is 17.1 Å². The van der Waals surface area contributed by atoms with Gasteiger partial charge in [-0.3, -0.25) is 0 Å². The van der Waals surface area contributed by atoms with Crippen LogP contribution >= 0.6 is 0 Å². The molecule has 0 amide bonds. The van der Waals surface area contributed by atoms with Gasteiger partial charge in [0.1, 0.15) is 0 Å². The molecule has 0 aliphatic carbocycles. The highest BCUT2D eigenvalue weighted by atomic mass is 15.2. The van der Waals surface area contributed by atoms with Crippen molar-refractivity contribution in [2.45, 2.75) is 19.3 Å². The van der Waals surface area contributed by atoms with E-state index in [2.05, 4.69) is 195 Å². The van der Waals surface area contributed by atoms with Crippen molar-refractivity contribution in [3.05, 3.63) is 187 Å². The first-order valence-corrected chi connectivity index (χ1v) is 16.8. The highest BCUT2D eigenvalue weighted by Gasteiger charge is 2.37. The average Bonchev–Trinajstić information content (AvgIpc) is 3.15. The van der Waals surface area contributed by atoms with E-state index in [0.29, 0.717) is 0 Å². The summed E-state index contributed by atoms with van der Waals surface area (Å²) in [5, 5.41) is 5.06. The molecular formula is C47H35N. The van der Waals surface area contributed by atoms with Crippen molar-refractivity contribution in [2.24, 2.45) is 0 Å².